The van der Waals surface area contributed by atoms with E-state index in [0.29, 0.717) is 56.8 Å². The van der Waals surface area contributed by atoms with Crippen LogP contribution in [0.5, 0.6) is 0 Å². The zero-order valence-electron chi connectivity index (χ0n) is 22.4. The SMILES string of the molecule is Cc1ccc(S(=O)(=O)N2CC3C(C2)C3Nc2ncc3cc(-c4ccccc4Cl)c(=O)n(-c4ccc(F)cc4)c3n2)cc1. The molecular formula is C31H25ClFN5O3S. The van der Waals surface area contributed by atoms with E-state index in [9.17, 15) is 17.6 Å². The first-order valence-corrected chi connectivity index (χ1v) is 15.3. The second-order valence-corrected chi connectivity index (χ2v) is 13.1. The largest absolute Gasteiger partial charge is 0.351 e. The van der Waals surface area contributed by atoms with E-state index in [1.807, 2.05) is 6.92 Å². The Morgan fingerprint density at radius 2 is 1.64 bits per heavy atom. The predicted molar refractivity (Wildman–Crippen MR) is 160 cm³/mol. The number of hydrogen-bond donors (Lipinski definition) is 1. The molecule has 7 rings (SSSR count). The summed E-state index contributed by atoms with van der Waals surface area (Å²) >= 11 is 6.44. The van der Waals surface area contributed by atoms with Crippen LogP contribution in [0.3, 0.4) is 0 Å². The molecule has 8 nitrogen and oxygen atoms in total. The Morgan fingerprint density at radius 1 is 0.952 bits per heavy atom. The number of nitrogens with zero attached hydrogens (tertiary/aromatic N) is 4. The summed E-state index contributed by atoms with van der Waals surface area (Å²) in [6.45, 7) is 2.74. The molecule has 1 saturated carbocycles. The maximum absolute atomic E-state index is 13.9. The number of rotatable bonds is 6. The zero-order chi connectivity index (χ0) is 29.2. The van der Waals surface area contributed by atoms with E-state index in [1.54, 1.807) is 60.8 Å². The van der Waals surface area contributed by atoms with Crippen LogP contribution in [0.4, 0.5) is 10.3 Å². The first kappa shape index (κ1) is 26.8. The van der Waals surface area contributed by atoms with Crippen LogP contribution in [0.25, 0.3) is 27.8 Å². The van der Waals surface area contributed by atoms with Gasteiger partial charge in [-0.05, 0) is 67.3 Å². The van der Waals surface area contributed by atoms with Gasteiger partial charge in [0.05, 0.1) is 10.6 Å². The number of anilines is 1. The van der Waals surface area contributed by atoms with Gasteiger partial charge >= 0.3 is 0 Å². The fourth-order valence-electron chi connectivity index (χ4n) is 5.78. The quantitative estimate of drug-likeness (QED) is 0.284. The highest BCUT2D eigenvalue weighted by Crippen LogP contribution is 2.48. The molecule has 42 heavy (non-hydrogen) atoms. The highest BCUT2D eigenvalue weighted by atomic mass is 35.5. The molecule has 2 atom stereocenters. The van der Waals surface area contributed by atoms with Crippen molar-refractivity contribution in [1.29, 1.82) is 0 Å². The molecule has 11 heteroatoms. The van der Waals surface area contributed by atoms with Crippen molar-refractivity contribution in [3.63, 3.8) is 0 Å². The summed E-state index contributed by atoms with van der Waals surface area (Å²) in [6.07, 6.45) is 1.64. The normalized spacial score (nSPS) is 20.0. The van der Waals surface area contributed by atoms with Gasteiger partial charge in [0.25, 0.3) is 5.56 Å². The van der Waals surface area contributed by atoms with E-state index in [4.69, 9.17) is 16.6 Å². The summed E-state index contributed by atoms with van der Waals surface area (Å²) in [6, 6.07) is 21.3. The maximum Gasteiger partial charge on any atom is 0.264 e. The van der Waals surface area contributed by atoms with Crippen molar-refractivity contribution in [2.24, 2.45) is 11.8 Å². The van der Waals surface area contributed by atoms with E-state index in [2.05, 4.69) is 10.3 Å². The standard InChI is InChI=1S/C31H25ClFN5O3S/c1-18-6-12-22(13-7-18)42(40,41)37-16-25-26(17-37)28(25)35-31-34-15-19-14-24(23-4-2-3-5-27(23)32)30(39)38(29(19)36-31)21-10-8-20(33)9-11-21/h2-15,25-26,28H,16-17H2,1H3,(H,34,35,36). The Balaban J connectivity index is 1.20. The van der Waals surface area contributed by atoms with Crippen LogP contribution in [-0.2, 0) is 10.0 Å². The summed E-state index contributed by atoms with van der Waals surface area (Å²) < 4.78 is 43.0. The van der Waals surface area contributed by atoms with Crippen molar-refractivity contribution >= 4 is 38.6 Å². The van der Waals surface area contributed by atoms with Crippen LogP contribution < -0.4 is 10.9 Å². The van der Waals surface area contributed by atoms with Gasteiger partial charge in [0, 0.05) is 46.9 Å². The molecule has 0 radical (unpaired) electrons. The number of aryl methyl sites for hydroxylation is 1. The number of aromatic nitrogens is 3. The highest BCUT2D eigenvalue weighted by molar-refractivity contribution is 7.89. The Morgan fingerprint density at radius 3 is 2.33 bits per heavy atom. The van der Waals surface area contributed by atoms with Gasteiger partial charge in [0.2, 0.25) is 16.0 Å². The van der Waals surface area contributed by atoms with Gasteiger partial charge in [-0.25, -0.2) is 17.8 Å². The van der Waals surface area contributed by atoms with Crippen molar-refractivity contribution in [2.45, 2.75) is 17.9 Å². The monoisotopic (exact) mass is 601 g/mol. The molecular weight excluding hydrogens is 577 g/mol. The molecule has 3 aromatic carbocycles. The number of piperidine rings is 1. The average molecular weight is 602 g/mol. The van der Waals surface area contributed by atoms with Crippen molar-refractivity contribution in [3.8, 4) is 16.8 Å². The lowest BCUT2D eigenvalue weighted by Crippen LogP contribution is -2.33. The molecule has 1 saturated heterocycles. The Kier molecular flexibility index (Phi) is 6.38. The number of pyridine rings is 1. The second-order valence-electron chi connectivity index (χ2n) is 10.8. The molecule has 212 valence electrons. The van der Waals surface area contributed by atoms with Crippen molar-refractivity contribution in [1.82, 2.24) is 18.8 Å². The third kappa shape index (κ3) is 4.56. The van der Waals surface area contributed by atoms with Crippen LogP contribution in [0.1, 0.15) is 5.56 Å². The van der Waals surface area contributed by atoms with E-state index in [-0.39, 0.29) is 23.4 Å². The van der Waals surface area contributed by atoms with Crippen LogP contribution >= 0.6 is 11.6 Å². The van der Waals surface area contributed by atoms with Gasteiger partial charge in [-0.15, -0.1) is 0 Å². The van der Waals surface area contributed by atoms with E-state index >= 15 is 0 Å². The molecule has 1 aliphatic carbocycles. The average Bonchev–Trinajstić information content (AvgIpc) is 3.39. The van der Waals surface area contributed by atoms with Crippen molar-refractivity contribution in [3.05, 3.63) is 112 Å². The van der Waals surface area contributed by atoms with Gasteiger partial charge in [0.15, 0.2) is 5.65 Å². The minimum absolute atomic E-state index is 0.0142. The molecule has 3 heterocycles. The summed E-state index contributed by atoms with van der Waals surface area (Å²) in [5.41, 5.74) is 2.39. The number of halogens is 2. The lowest BCUT2D eigenvalue weighted by atomic mass is 10.1. The van der Waals surface area contributed by atoms with Crippen LogP contribution in [0.2, 0.25) is 5.02 Å². The molecule has 1 aliphatic heterocycles. The smallest absolute Gasteiger partial charge is 0.264 e. The molecule has 5 aromatic rings. The molecule has 0 amide bonds. The molecule has 0 spiro atoms. The second kappa shape index (κ2) is 10.0. The maximum atomic E-state index is 13.9. The van der Waals surface area contributed by atoms with Gasteiger partial charge in [-0.2, -0.15) is 9.29 Å². The third-order valence-electron chi connectivity index (χ3n) is 8.10. The Labute approximate surface area is 246 Å². The molecule has 0 bridgehead atoms. The number of fused-ring (bicyclic) bond motifs is 2. The van der Waals surface area contributed by atoms with Crippen LogP contribution in [0.15, 0.2) is 94.7 Å². The molecule has 1 N–H and O–H groups in total. The van der Waals surface area contributed by atoms with E-state index < -0.39 is 15.8 Å². The number of hydrogen-bond acceptors (Lipinski definition) is 6. The zero-order valence-corrected chi connectivity index (χ0v) is 24.0. The van der Waals surface area contributed by atoms with Gasteiger partial charge in [0.1, 0.15) is 5.82 Å². The first-order chi connectivity index (χ1) is 20.2. The number of sulfonamides is 1. The first-order valence-electron chi connectivity index (χ1n) is 13.5. The predicted octanol–water partition coefficient (Wildman–Crippen LogP) is 5.28. The lowest BCUT2D eigenvalue weighted by Gasteiger charge is -2.20. The fourth-order valence-corrected chi connectivity index (χ4v) is 7.53. The fraction of sp³-hybridized carbons (Fsp3) is 0.194. The number of nitrogens with one attached hydrogen (secondary N) is 1. The Bertz CT molecular complexity index is 2000. The van der Waals surface area contributed by atoms with E-state index in [1.165, 1.54) is 33.1 Å². The topological polar surface area (TPSA) is 97.2 Å². The van der Waals surface area contributed by atoms with Crippen LogP contribution in [-0.4, -0.2) is 46.4 Å². The van der Waals surface area contributed by atoms with Gasteiger partial charge in [-0.3, -0.25) is 9.36 Å². The minimum Gasteiger partial charge on any atom is -0.351 e. The lowest BCUT2D eigenvalue weighted by molar-refractivity contribution is 0.436. The molecule has 2 fully saturated rings. The van der Waals surface area contributed by atoms with Crippen LogP contribution in [0, 0.1) is 24.6 Å². The summed E-state index contributed by atoms with van der Waals surface area (Å²) in [4.78, 5) is 23.4. The summed E-state index contributed by atoms with van der Waals surface area (Å²) in [5, 5.41) is 4.38. The summed E-state index contributed by atoms with van der Waals surface area (Å²) in [7, 11) is -3.56. The summed E-state index contributed by atoms with van der Waals surface area (Å²) in [5.74, 6) is 0.169. The van der Waals surface area contributed by atoms with E-state index in [0.717, 1.165) is 5.56 Å². The van der Waals surface area contributed by atoms with Gasteiger partial charge in [-0.1, -0.05) is 47.5 Å². The van der Waals surface area contributed by atoms with Crippen molar-refractivity contribution in [2.75, 3.05) is 18.4 Å². The molecule has 2 aliphatic rings. The molecule has 2 unspecified atom stereocenters. The van der Waals surface area contributed by atoms with Gasteiger partial charge < -0.3 is 5.32 Å². The number of benzene rings is 3. The Hall–Kier alpha value is -4.12. The molecule has 2 aromatic heterocycles. The van der Waals surface area contributed by atoms with Crippen molar-refractivity contribution < 1.29 is 12.8 Å². The minimum atomic E-state index is -3.56. The highest BCUT2D eigenvalue weighted by Gasteiger charge is 2.58. The third-order valence-corrected chi connectivity index (χ3v) is 10.3.